The summed E-state index contributed by atoms with van der Waals surface area (Å²) < 4.78 is 0. The number of hydrogen-bond acceptors (Lipinski definition) is 2. The average Bonchev–Trinajstić information content (AvgIpc) is 2.53. The van der Waals surface area contributed by atoms with Crippen LogP contribution >= 0.6 is 0 Å². The predicted octanol–water partition coefficient (Wildman–Crippen LogP) is 0.257. The number of rotatable bonds is 3. The molecule has 1 N–H and O–H groups in total. The third-order valence-electron chi connectivity index (χ3n) is 1.64. The van der Waals surface area contributed by atoms with Crippen LogP contribution in [0.25, 0.3) is 0 Å². The van der Waals surface area contributed by atoms with E-state index in [-0.39, 0.29) is 0 Å². The molecule has 1 fully saturated rings. The van der Waals surface area contributed by atoms with Crippen LogP contribution in [0.3, 0.4) is 0 Å². The average molecular weight is 114 g/mol. The third kappa shape index (κ3) is 1.20. The van der Waals surface area contributed by atoms with E-state index in [1.165, 1.54) is 19.6 Å². The lowest BCUT2D eigenvalue weighted by Crippen LogP contribution is -2.27. The highest BCUT2D eigenvalue weighted by Gasteiger charge is 2.24. The van der Waals surface area contributed by atoms with Gasteiger partial charge in [-0.25, -0.2) is 0 Å². The van der Waals surface area contributed by atoms with Gasteiger partial charge in [0, 0.05) is 6.54 Å². The Hall–Kier alpha value is -0.0800. The molecule has 48 valence electrons. The second kappa shape index (κ2) is 2.46. The van der Waals surface area contributed by atoms with E-state index in [4.69, 9.17) is 0 Å². The second-order valence-electron chi connectivity index (χ2n) is 2.15. The molecule has 1 atom stereocenters. The van der Waals surface area contributed by atoms with Gasteiger partial charge in [-0.15, -0.1) is 0 Å². The first-order valence-corrected chi connectivity index (χ1v) is 3.36. The van der Waals surface area contributed by atoms with E-state index in [2.05, 4.69) is 24.1 Å². The van der Waals surface area contributed by atoms with Crippen molar-refractivity contribution in [3.63, 3.8) is 0 Å². The maximum absolute atomic E-state index is 3.26. The van der Waals surface area contributed by atoms with Crippen LogP contribution in [0.5, 0.6) is 0 Å². The number of nitrogens with one attached hydrogen (secondary N) is 1. The largest absolute Gasteiger partial charge is 0.298 e. The van der Waals surface area contributed by atoms with E-state index in [0.717, 1.165) is 0 Å². The van der Waals surface area contributed by atoms with Crippen molar-refractivity contribution in [3.8, 4) is 0 Å². The van der Waals surface area contributed by atoms with Crippen molar-refractivity contribution in [2.45, 2.75) is 20.0 Å². The van der Waals surface area contributed by atoms with Crippen molar-refractivity contribution in [1.29, 1.82) is 0 Å². The van der Waals surface area contributed by atoms with Crippen LogP contribution in [0, 0.1) is 0 Å². The second-order valence-corrected chi connectivity index (χ2v) is 2.15. The lowest BCUT2D eigenvalue weighted by Gasteiger charge is -2.14. The van der Waals surface area contributed by atoms with E-state index >= 15 is 0 Å². The van der Waals surface area contributed by atoms with Gasteiger partial charge >= 0.3 is 0 Å². The van der Waals surface area contributed by atoms with Crippen molar-refractivity contribution in [2.24, 2.45) is 0 Å². The SMILES string of the molecule is CCN(CC)C1CN1. The van der Waals surface area contributed by atoms with Gasteiger partial charge in [-0.1, -0.05) is 13.8 Å². The monoisotopic (exact) mass is 114 g/mol. The molecule has 2 nitrogen and oxygen atoms in total. The Morgan fingerprint density at radius 2 is 2.00 bits per heavy atom. The Labute approximate surface area is 50.9 Å². The standard InChI is InChI=1S/C6H14N2/c1-3-8(4-2)6-5-7-6/h6-7H,3-5H2,1-2H3. The van der Waals surface area contributed by atoms with E-state index in [0.29, 0.717) is 6.17 Å². The molecule has 1 heterocycles. The highest BCUT2D eigenvalue weighted by Crippen LogP contribution is 2.03. The van der Waals surface area contributed by atoms with Crippen molar-refractivity contribution < 1.29 is 0 Å². The minimum Gasteiger partial charge on any atom is -0.298 e. The number of likely N-dealkylation sites (N-methyl/N-ethyl adjacent to an activating group) is 1. The summed E-state index contributed by atoms with van der Waals surface area (Å²) in [6, 6.07) is 0. The van der Waals surface area contributed by atoms with Gasteiger partial charge in [-0.3, -0.25) is 10.2 Å². The Morgan fingerprint density at radius 1 is 1.50 bits per heavy atom. The van der Waals surface area contributed by atoms with Crippen molar-refractivity contribution in [3.05, 3.63) is 0 Å². The van der Waals surface area contributed by atoms with Gasteiger partial charge in [0.25, 0.3) is 0 Å². The first-order chi connectivity index (χ1) is 3.88. The molecule has 0 spiro atoms. The molecule has 0 aromatic carbocycles. The smallest absolute Gasteiger partial charge is 0.0727 e. The Bertz CT molecular complexity index is 64.9. The van der Waals surface area contributed by atoms with Crippen LogP contribution < -0.4 is 5.32 Å². The summed E-state index contributed by atoms with van der Waals surface area (Å²) in [6.45, 7) is 7.94. The molecule has 0 saturated carbocycles. The van der Waals surface area contributed by atoms with E-state index in [1.54, 1.807) is 0 Å². The quantitative estimate of drug-likeness (QED) is 0.532. The fraction of sp³-hybridized carbons (Fsp3) is 1.00. The molecular formula is C6H14N2. The van der Waals surface area contributed by atoms with Crippen LogP contribution in [0.1, 0.15) is 13.8 Å². The van der Waals surface area contributed by atoms with Crippen molar-refractivity contribution in [1.82, 2.24) is 10.2 Å². The molecule has 0 bridgehead atoms. The van der Waals surface area contributed by atoms with Gasteiger partial charge < -0.3 is 0 Å². The first kappa shape index (κ1) is 6.05. The molecule has 0 aromatic heterocycles. The molecule has 0 aliphatic carbocycles. The zero-order chi connectivity index (χ0) is 5.98. The summed E-state index contributed by atoms with van der Waals surface area (Å²) >= 11 is 0. The fourth-order valence-corrected chi connectivity index (χ4v) is 0.975. The maximum Gasteiger partial charge on any atom is 0.0727 e. The highest BCUT2D eigenvalue weighted by atomic mass is 15.4. The molecular weight excluding hydrogens is 100 g/mol. The number of nitrogens with zero attached hydrogens (tertiary/aromatic N) is 1. The minimum atomic E-state index is 0.713. The topological polar surface area (TPSA) is 25.2 Å². The fourth-order valence-electron chi connectivity index (χ4n) is 0.975. The lowest BCUT2D eigenvalue weighted by molar-refractivity contribution is 0.290. The third-order valence-corrected chi connectivity index (χ3v) is 1.64. The van der Waals surface area contributed by atoms with E-state index in [9.17, 15) is 0 Å². The molecule has 1 rings (SSSR count). The minimum absolute atomic E-state index is 0.713. The summed E-state index contributed by atoms with van der Waals surface area (Å²) in [4.78, 5) is 2.42. The van der Waals surface area contributed by atoms with Gasteiger partial charge in [0.1, 0.15) is 0 Å². The van der Waals surface area contributed by atoms with Crippen LogP contribution in [0.2, 0.25) is 0 Å². The molecule has 8 heavy (non-hydrogen) atoms. The van der Waals surface area contributed by atoms with E-state index in [1.807, 2.05) is 0 Å². The molecule has 1 aliphatic rings. The zero-order valence-corrected chi connectivity index (χ0v) is 5.65. The summed E-state index contributed by atoms with van der Waals surface area (Å²) in [5, 5.41) is 3.26. The van der Waals surface area contributed by atoms with Gasteiger partial charge in [0.2, 0.25) is 0 Å². The predicted molar refractivity (Wildman–Crippen MR) is 34.7 cm³/mol. The molecule has 0 radical (unpaired) electrons. The van der Waals surface area contributed by atoms with Gasteiger partial charge in [-0.05, 0) is 13.1 Å². The van der Waals surface area contributed by atoms with Crippen molar-refractivity contribution in [2.75, 3.05) is 19.6 Å². The lowest BCUT2D eigenvalue weighted by atomic mass is 10.5. The summed E-state index contributed by atoms with van der Waals surface area (Å²) in [6.07, 6.45) is 0.713. The van der Waals surface area contributed by atoms with Crippen LogP contribution in [-0.2, 0) is 0 Å². The van der Waals surface area contributed by atoms with Crippen LogP contribution in [0.15, 0.2) is 0 Å². The Kier molecular flexibility index (Phi) is 1.86. The van der Waals surface area contributed by atoms with Gasteiger partial charge in [-0.2, -0.15) is 0 Å². The Balaban J connectivity index is 2.15. The molecule has 1 aliphatic heterocycles. The van der Waals surface area contributed by atoms with Crippen molar-refractivity contribution >= 4 is 0 Å². The normalized spacial score (nSPS) is 26.6. The molecule has 1 unspecified atom stereocenters. The summed E-state index contributed by atoms with van der Waals surface area (Å²) in [5.74, 6) is 0. The summed E-state index contributed by atoms with van der Waals surface area (Å²) in [7, 11) is 0. The van der Waals surface area contributed by atoms with Gasteiger partial charge in [0.15, 0.2) is 0 Å². The zero-order valence-electron chi connectivity index (χ0n) is 5.65. The molecule has 1 saturated heterocycles. The first-order valence-electron chi connectivity index (χ1n) is 3.36. The Morgan fingerprint density at radius 3 is 2.12 bits per heavy atom. The van der Waals surface area contributed by atoms with E-state index < -0.39 is 0 Å². The molecule has 2 heteroatoms. The van der Waals surface area contributed by atoms with Crippen LogP contribution in [-0.4, -0.2) is 30.7 Å². The highest BCUT2D eigenvalue weighted by molar-refractivity contribution is 4.82. The van der Waals surface area contributed by atoms with Gasteiger partial charge in [0.05, 0.1) is 6.17 Å². The molecule has 0 aromatic rings. The molecule has 0 amide bonds. The summed E-state index contributed by atoms with van der Waals surface area (Å²) in [5.41, 5.74) is 0. The maximum atomic E-state index is 3.26. The number of hydrogen-bond donors (Lipinski definition) is 1. The van der Waals surface area contributed by atoms with Crippen LogP contribution in [0.4, 0.5) is 0 Å².